The van der Waals surface area contributed by atoms with Gasteiger partial charge in [-0.15, -0.1) is 0 Å². The summed E-state index contributed by atoms with van der Waals surface area (Å²) >= 11 is 0. The Labute approximate surface area is 78.9 Å². The third kappa shape index (κ3) is 2.11. The Kier molecular flexibility index (Phi) is 3.13. The van der Waals surface area contributed by atoms with E-state index in [0.29, 0.717) is 0 Å². The van der Waals surface area contributed by atoms with E-state index < -0.39 is 19.6 Å². The number of phosphoric ester groups is 1. The minimum atomic E-state index is -4.35. The van der Waals surface area contributed by atoms with Gasteiger partial charge in [0.15, 0.2) is 0 Å². The van der Waals surface area contributed by atoms with Crippen molar-refractivity contribution in [3.8, 4) is 0 Å². The molecule has 1 saturated heterocycles. The number of hydrogen-bond acceptors (Lipinski definition) is 5. The second-order valence-corrected chi connectivity index (χ2v) is 2.60. The van der Waals surface area contributed by atoms with Crippen molar-refractivity contribution >= 4 is 13.8 Å². The number of rotatable bonds is 0. The Morgan fingerprint density at radius 1 is 1.50 bits per heavy atom. The average molecular weight is 172 g/mol. The zero-order valence-corrected chi connectivity index (χ0v) is 8.09. The molecule has 1 aliphatic heterocycles. The van der Waals surface area contributed by atoms with E-state index in [1.54, 1.807) is 0 Å². The second-order valence-electron chi connectivity index (χ2n) is 1.34. The Hall–Kier alpha value is 0.200. The summed E-state index contributed by atoms with van der Waals surface area (Å²) in [6.45, 7) is 2.96. The minimum Gasteiger partial charge on any atom is -0.736 e. The molecule has 0 N–H and O–H groups in total. The molecule has 0 amide bonds. The van der Waals surface area contributed by atoms with Crippen LogP contribution in [-0.2, 0) is 18.4 Å². The van der Waals surface area contributed by atoms with Gasteiger partial charge >= 0.3 is 43.3 Å². The van der Waals surface area contributed by atoms with Crippen LogP contribution in [0.25, 0.3) is 0 Å². The molecule has 1 aliphatic rings. The fourth-order valence-electron chi connectivity index (χ4n) is 0.343. The van der Waals surface area contributed by atoms with Gasteiger partial charge in [0.1, 0.15) is 0 Å². The molecule has 0 spiro atoms. The Morgan fingerprint density at radius 3 is 2.10 bits per heavy atom. The molecule has 0 aromatic rings. The van der Waals surface area contributed by atoms with Crippen molar-refractivity contribution in [2.45, 2.75) is 0 Å². The maximum absolute atomic E-state index is 10.2. The number of hydrogen-bond donors (Lipinski definition) is 0. The molecule has 0 bridgehead atoms. The molecule has 7 heteroatoms. The third-order valence-electron chi connectivity index (χ3n) is 0.644. The van der Waals surface area contributed by atoms with Gasteiger partial charge in [-0.05, 0) is 6.58 Å². The largest absolute Gasteiger partial charge is 1.00 e. The first-order valence-corrected chi connectivity index (χ1v) is 3.41. The standard InChI is InChI=1S/C3H3O5P.Na/c1-2-3(4)8-9(5,6)7-2;/h1H2,(H,5,6);/q;+1/p-1. The van der Waals surface area contributed by atoms with Crippen molar-refractivity contribution in [2.75, 3.05) is 0 Å². The summed E-state index contributed by atoms with van der Waals surface area (Å²) in [5.41, 5.74) is 0. The molecule has 0 radical (unpaired) electrons. The molecule has 1 fully saturated rings. The summed E-state index contributed by atoms with van der Waals surface area (Å²) in [6.07, 6.45) is 0. The average Bonchev–Trinajstić information content (AvgIpc) is 1.79. The smallest absolute Gasteiger partial charge is 0.736 e. The van der Waals surface area contributed by atoms with Gasteiger partial charge in [-0.1, -0.05) is 0 Å². The monoisotopic (exact) mass is 172 g/mol. The SMILES string of the molecule is C=C1OP(=O)([O-])OC1=O.[Na+]. The molecule has 0 aromatic carbocycles. The van der Waals surface area contributed by atoms with Crippen LogP contribution in [-0.4, -0.2) is 5.97 Å². The van der Waals surface area contributed by atoms with Crippen LogP contribution >= 0.6 is 7.82 Å². The minimum absolute atomic E-state index is 0. The van der Waals surface area contributed by atoms with Gasteiger partial charge < -0.3 is 13.9 Å². The van der Waals surface area contributed by atoms with Crippen LogP contribution in [0.1, 0.15) is 0 Å². The van der Waals surface area contributed by atoms with E-state index in [2.05, 4.69) is 15.6 Å². The fourth-order valence-corrected chi connectivity index (χ4v) is 1.03. The first-order chi connectivity index (χ1) is 4.01. The molecule has 1 rings (SSSR count). The van der Waals surface area contributed by atoms with Gasteiger partial charge in [0, 0.05) is 0 Å². The molecular weight excluding hydrogens is 170 g/mol. The van der Waals surface area contributed by atoms with Gasteiger partial charge in [-0.3, -0.25) is 0 Å². The first kappa shape index (κ1) is 10.2. The van der Waals surface area contributed by atoms with Crippen LogP contribution in [0.5, 0.6) is 0 Å². The van der Waals surface area contributed by atoms with Crippen LogP contribution in [0.2, 0.25) is 0 Å². The zero-order valence-electron chi connectivity index (χ0n) is 5.20. The van der Waals surface area contributed by atoms with Crippen LogP contribution in [0.4, 0.5) is 0 Å². The molecule has 0 saturated carbocycles. The van der Waals surface area contributed by atoms with Crippen LogP contribution < -0.4 is 34.5 Å². The van der Waals surface area contributed by atoms with E-state index in [1.807, 2.05) is 0 Å². The van der Waals surface area contributed by atoms with E-state index >= 15 is 0 Å². The van der Waals surface area contributed by atoms with Gasteiger partial charge in [-0.2, -0.15) is 0 Å². The van der Waals surface area contributed by atoms with Crippen molar-refractivity contribution in [2.24, 2.45) is 0 Å². The van der Waals surface area contributed by atoms with Gasteiger partial charge in [-0.25, -0.2) is 9.36 Å². The molecule has 1 heterocycles. The zero-order chi connectivity index (χ0) is 7.07. The predicted molar refractivity (Wildman–Crippen MR) is 23.9 cm³/mol. The van der Waals surface area contributed by atoms with E-state index in [0.717, 1.165) is 0 Å². The third-order valence-corrected chi connectivity index (χ3v) is 1.48. The Balaban J connectivity index is 0.000000810. The first-order valence-electron chi connectivity index (χ1n) is 1.95. The van der Waals surface area contributed by atoms with E-state index in [9.17, 15) is 14.3 Å². The Bertz CT molecular complexity index is 203. The normalized spacial score (nSPS) is 30.5. The topological polar surface area (TPSA) is 75.7 Å². The molecular formula is C3H2NaO5P. The van der Waals surface area contributed by atoms with Gasteiger partial charge in [0.05, 0.1) is 0 Å². The van der Waals surface area contributed by atoms with Gasteiger partial charge in [0.25, 0.3) is 0 Å². The molecule has 1 unspecified atom stereocenters. The van der Waals surface area contributed by atoms with E-state index in [-0.39, 0.29) is 29.6 Å². The molecule has 5 nitrogen and oxygen atoms in total. The maximum Gasteiger partial charge on any atom is 1.00 e. The molecule has 1 atom stereocenters. The summed E-state index contributed by atoms with van der Waals surface area (Å²) in [6, 6.07) is 0. The van der Waals surface area contributed by atoms with Crippen molar-refractivity contribution < 1.29 is 52.9 Å². The second kappa shape index (κ2) is 3.07. The van der Waals surface area contributed by atoms with E-state index in [1.165, 1.54) is 0 Å². The predicted octanol–water partition coefficient (Wildman–Crippen LogP) is -3.45. The molecule has 50 valence electrons. The van der Waals surface area contributed by atoms with Gasteiger partial charge in [0.2, 0.25) is 5.76 Å². The Morgan fingerprint density at radius 2 is 2.00 bits per heavy atom. The number of carbonyl (C=O) groups excluding carboxylic acids is 1. The summed E-state index contributed by atoms with van der Waals surface area (Å²) < 4.78 is 17.7. The van der Waals surface area contributed by atoms with Crippen molar-refractivity contribution in [1.82, 2.24) is 0 Å². The quantitative estimate of drug-likeness (QED) is 0.216. The van der Waals surface area contributed by atoms with Crippen LogP contribution in [0.15, 0.2) is 12.3 Å². The molecule has 0 aliphatic carbocycles. The number of carbonyl (C=O) groups is 1. The van der Waals surface area contributed by atoms with Crippen molar-refractivity contribution in [3.05, 3.63) is 12.3 Å². The summed E-state index contributed by atoms with van der Waals surface area (Å²) in [5, 5.41) is 0. The van der Waals surface area contributed by atoms with Crippen molar-refractivity contribution in [3.63, 3.8) is 0 Å². The van der Waals surface area contributed by atoms with E-state index in [4.69, 9.17) is 0 Å². The summed E-state index contributed by atoms with van der Waals surface area (Å²) in [5.74, 6) is -1.54. The summed E-state index contributed by atoms with van der Waals surface area (Å²) in [4.78, 5) is 20.3. The van der Waals surface area contributed by atoms with Crippen molar-refractivity contribution in [1.29, 1.82) is 0 Å². The van der Waals surface area contributed by atoms with Crippen LogP contribution in [0, 0.1) is 0 Å². The number of phosphoric acid groups is 1. The van der Waals surface area contributed by atoms with Crippen LogP contribution in [0.3, 0.4) is 0 Å². The summed E-state index contributed by atoms with van der Waals surface area (Å²) in [7, 11) is -4.35. The molecule has 10 heavy (non-hydrogen) atoms. The maximum atomic E-state index is 10.2. The fraction of sp³-hybridized carbons (Fsp3) is 0. The molecule has 0 aromatic heterocycles.